The van der Waals surface area contributed by atoms with Crippen molar-refractivity contribution in [1.29, 1.82) is 0 Å². The van der Waals surface area contributed by atoms with Crippen LogP contribution in [0.4, 0.5) is 0 Å². The van der Waals surface area contributed by atoms with E-state index in [1.54, 1.807) is 11.8 Å². The molecule has 0 bridgehead atoms. The lowest BCUT2D eigenvalue weighted by Crippen LogP contribution is -2.17. The molecule has 0 saturated heterocycles. The first-order valence-electron chi connectivity index (χ1n) is 5.86. The van der Waals surface area contributed by atoms with Crippen molar-refractivity contribution in [3.05, 3.63) is 23.3 Å². The predicted octanol–water partition coefficient (Wildman–Crippen LogP) is 2.33. The molecule has 16 heavy (non-hydrogen) atoms. The van der Waals surface area contributed by atoms with Gasteiger partial charge in [0, 0.05) is 23.5 Å². The number of nitrogens with one attached hydrogen (secondary N) is 1. The number of hydrogen-bond acceptors (Lipinski definition) is 4. The highest BCUT2D eigenvalue weighted by Gasteiger charge is 2.18. The van der Waals surface area contributed by atoms with Crippen LogP contribution in [-0.4, -0.2) is 23.3 Å². The smallest absolute Gasteiger partial charge is 0.138 e. The Kier molecular flexibility index (Phi) is 4.18. The second-order valence-electron chi connectivity index (χ2n) is 4.21. The second kappa shape index (κ2) is 5.64. The van der Waals surface area contributed by atoms with Gasteiger partial charge in [-0.15, -0.1) is 0 Å². The van der Waals surface area contributed by atoms with Crippen molar-refractivity contribution in [1.82, 2.24) is 15.3 Å². The van der Waals surface area contributed by atoms with E-state index >= 15 is 0 Å². The van der Waals surface area contributed by atoms with E-state index in [9.17, 15) is 0 Å². The molecule has 1 aliphatic carbocycles. The van der Waals surface area contributed by atoms with Crippen molar-refractivity contribution in [3.8, 4) is 0 Å². The molecule has 1 aromatic rings. The molecule has 1 aromatic heterocycles. The molecule has 0 aromatic carbocycles. The summed E-state index contributed by atoms with van der Waals surface area (Å²) in [6.45, 7) is 0. The van der Waals surface area contributed by atoms with Gasteiger partial charge in [0.1, 0.15) is 5.82 Å². The number of hydrogen-bond donors (Lipinski definition) is 1. The quantitative estimate of drug-likeness (QED) is 0.819. The van der Waals surface area contributed by atoms with Crippen LogP contribution in [0.15, 0.2) is 6.20 Å². The van der Waals surface area contributed by atoms with Crippen molar-refractivity contribution in [3.63, 3.8) is 0 Å². The first-order chi connectivity index (χ1) is 7.85. The normalized spacial score (nSPS) is 20.2. The lowest BCUT2D eigenvalue weighted by Gasteiger charge is -2.16. The van der Waals surface area contributed by atoms with E-state index in [0.717, 1.165) is 18.0 Å². The molecule has 4 heteroatoms. The molecule has 3 nitrogen and oxygen atoms in total. The fourth-order valence-electron chi connectivity index (χ4n) is 2.25. The zero-order chi connectivity index (χ0) is 11.4. The minimum atomic E-state index is 0.445. The average molecular weight is 237 g/mol. The lowest BCUT2D eigenvalue weighted by molar-refractivity contribution is 0.531. The van der Waals surface area contributed by atoms with Crippen LogP contribution in [0.1, 0.15) is 42.4 Å². The Morgan fingerprint density at radius 1 is 1.50 bits per heavy atom. The zero-order valence-corrected chi connectivity index (χ0v) is 10.8. The Morgan fingerprint density at radius 2 is 2.38 bits per heavy atom. The maximum absolute atomic E-state index is 4.69. The summed E-state index contributed by atoms with van der Waals surface area (Å²) in [4.78, 5) is 9.14. The Hall–Kier alpha value is -0.610. The molecule has 0 spiro atoms. The maximum Gasteiger partial charge on any atom is 0.138 e. The number of nitrogens with zero attached hydrogens (tertiary/aromatic N) is 2. The average Bonchev–Trinajstić information content (AvgIpc) is 2.50. The SMILES string of the molecule is CNC1CCCCc2nc(CSC)ncc21. The number of fused-ring (bicyclic) bond motifs is 1. The highest BCUT2D eigenvalue weighted by molar-refractivity contribution is 7.97. The molecule has 0 saturated carbocycles. The van der Waals surface area contributed by atoms with Gasteiger partial charge in [-0.25, -0.2) is 9.97 Å². The summed E-state index contributed by atoms with van der Waals surface area (Å²) in [6.07, 6.45) is 8.96. The number of aromatic nitrogens is 2. The summed E-state index contributed by atoms with van der Waals surface area (Å²) < 4.78 is 0. The Labute approximate surface area is 101 Å². The molecular weight excluding hydrogens is 218 g/mol. The fourth-order valence-corrected chi connectivity index (χ4v) is 2.65. The van der Waals surface area contributed by atoms with Gasteiger partial charge in [-0.3, -0.25) is 0 Å². The molecule has 0 fully saturated rings. The molecule has 0 amide bonds. The van der Waals surface area contributed by atoms with E-state index in [1.807, 2.05) is 13.2 Å². The standard InChI is InChI=1S/C12H19N3S/c1-13-10-5-3-4-6-11-9(10)7-14-12(15-11)8-16-2/h7,10,13H,3-6,8H2,1-2H3. The summed E-state index contributed by atoms with van der Waals surface area (Å²) in [5.41, 5.74) is 2.57. The molecule has 88 valence electrons. The largest absolute Gasteiger partial charge is 0.313 e. The Bertz CT molecular complexity index is 354. The van der Waals surface area contributed by atoms with Gasteiger partial charge < -0.3 is 5.32 Å². The number of rotatable bonds is 3. The van der Waals surface area contributed by atoms with Gasteiger partial charge >= 0.3 is 0 Å². The summed E-state index contributed by atoms with van der Waals surface area (Å²) >= 11 is 1.78. The van der Waals surface area contributed by atoms with Gasteiger partial charge in [-0.05, 0) is 32.6 Å². The van der Waals surface area contributed by atoms with Crippen LogP contribution in [0.3, 0.4) is 0 Å². The van der Waals surface area contributed by atoms with Gasteiger partial charge in [0.2, 0.25) is 0 Å². The third-order valence-corrected chi connectivity index (χ3v) is 3.65. The van der Waals surface area contributed by atoms with Gasteiger partial charge in [0.15, 0.2) is 0 Å². The molecule has 0 radical (unpaired) electrons. The van der Waals surface area contributed by atoms with Gasteiger partial charge in [-0.1, -0.05) is 6.42 Å². The molecular formula is C12H19N3S. The van der Waals surface area contributed by atoms with E-state index in [4.69, 9.17) is 0 Å². The molecule has 1 heterocycles. The molecule has 1 unspecified atom stereocenters. The van der Waals surface area contributed by atoms with Gasteiger partial charge in [0.25, 0.3) is 0 Å². The fraction of sp³-hybridized carbons (Fsp3) is 0.667. The summed E-state index contributed by atoms with van der Waals surface area (Å²) in [6, 6.07) is 0.445. The maximum atomic E-state index is 4.69. The van der Waals surface area contributed by atoms with Gasteiger partial charge in [0.05, 0.1) is 5.75 Å². The van der Waals surface area contributed by atoms with E-state index in [0.29, 0.717) is 6.04 Å². The topological polar surface area (TPSA) is 37.8 Å². The monoisotopic (exact) mass is 237 g/mol. The highest BCUT2D eigenvalue weighted by Crippen LogP contribution is 2.26. The molecule has 2 rings (SSSR count). The first kappa shape index (κ1) is 11.9. The van der Waals surface area contributed by atoms with Crippen molar-refractivity contribution >= 4 is 11.8 Å². The minimum Gasteiger partial charge on any atom is -0.313 e. The van der Waals surface area contributed by atoms with E-state index in [1.165, 1.54) is 30.5 Å². The van der Waals surface area contributed by atoms with Crippen LogP contribution in [0.5, 0.6) is 0 Å². The minimum absolute atomic E-state index is 0.445. The molecule has 1 aliphatic rings. The Balaban J connectivity index is 2.29. The number of thioether (sulfide) groups is 1. The van der Waals surface area contributed by atoms with E-state index in [2.05, 4.69) is 21.5 Å². The molecule has 1 atom stereocenters. The number of aryl methyl sites for hydroxylation is 1. The Morgan fingerprint density at radius 3 is 3.12 bits per heavy atom. The van der Waals surface area contributed by atoms with E-state index in [-0.39, 0.29) is 0 Å². The molecule has 0 aliphatic heterocycles. The van der Waals surface area contributed by atoms with Crippen LogP contribution in [0.25, 0.3) is 0 Å². The van der Waals surface area contributed by atoms with Crippen LogP contribution in [-0.2, 0) is 12.2 Å². The lowest BCUT2D eigenvalue weighted by atomic mass is 10.1. The van der Waals surface area contributed by atoms with Crippen molar-refractivity contribution in [2.75, 3.05) is 13.3 Å². The first-order valence-corrected chi connectivity index (χ1v) is 7.25. The van der Waals surface area contributed by atoms with E-state index < -0.39 is 0 Å². The highest BCUT2D eigenvalue weighted by atomic mass is 32.2. The second-order valence-corrected chi connectivity index (χ2v) is 5.07. The predicted molar refractivity (Wildman–Crippen MR) is 68.6 cm³/mol. The zero-order valence-electron chi connectivity index (χ0n) is 9.99. The van der Waals surface area contributed by atoms with Crippen LogP contribution in [0.2, 0.25) is 0 Å². The van der Waals surface area contributed by atoms with Crippen LogP contribution in [0, 0.1) is 0 Å². The van der Waals surface area contributed by atoms with Gasteiger partial charge in [-0.2, -0.15) is 11.8 Å². The summed E-state index contributed by atoms with van der Waals surface area (Å²) in [5, 5.41) is 3.37. The summed E-state index contributed by atoms with van der Waals surface area (Å²) in [7, 11) is 2.02. The van der Waals surface area contributed by atoms with Crippen molar-refractivity contribution < 1.29 is 0 Å². The van der Waals surface area contributed by atoms with Crippen LogP contribution >= 0.6 is 11.8 Å². The van der Waals surface area contributed by atoms with Crippen molar-refractivity contribution in [2.45, 2.75) is 37.5 Å². The molecule has 1 N–H and O–H groups in total. The van der Waals surface area contributed by atoms with Crippen LogP contribution < -0.4 is 5.32 Å². The summed E-state index contributed by atoms with van der Waals surface area (Å²) in [5.74, 6) is 1.89. The van der Waals surface area contributed by atoms with Crippen molar-refractivity contribution in [2.24, 2.45) is 0 Å². The third kappa shape index (κ3) is 2.55. The third-order valence-electron chi connectivity index (χ3n) is 3.10.